The summed E-state index contributed by atoms with van der Waals surface area (Å²) in [5.41, 5.74) is 10.1. The molecule has 4 aromatic rings. The minimum absolute atomic E-state index is 0.175. The number of hydrogen-bond acceptors (Lipinski definition) is 4. The highest BCUT2D eigenvalue weighted by molar-refractivity contribution is 7.92. The third kappa shape index (κ3) is 5.29. The summed E-state index contributed by atoms with van der Waals surface area (Å²) in [6, 6.07) is 20.1. The van der Waals surface area contributed by atoms with Crippen molar-refractivity contribution < 1.29 is 8.42 Å². The van der Waals surface area contributed by atoms with Crippen LogP contribution < -0.4 is 14.9 Å². The van der Waals surface area contributed by atoms with E-state index in [0.717, 1.165) is 45.8 Å². The highest BCUT2D eigenvalue weighted by Crippen LogP contribution is 2.44. The lowest BCUT2D eigenvalue weighted by atomic mass is 9.96. The molecular formula is C30H33N5O2S2. The summed E-state index contributed by atoms with van der Waals surface area (Å²) in [5.74, 6) is 0. The zero-order valence-corrected chi connectivity index (χ0v) is 24.6. The number of aromatic nitrogens is 2. The molecule has 0 aliphatic carbocycles. The molecule has 3 heterocycles. The average Bonchev–Trinajstić information content (AvgIpc) is 3.34. The minimum atomic E-state index is -3.39. The second-order valence-corrected chi connectivity index (χ2v) is 12.5. The first-order chi connectivity index (χ1) is 18.4. The van der Waals surface area contributed by atoms with E-state index in [0.29, 0.717) is 10.8 Å². The number of hydrogen-bond donors (Lipinski definition) is 2. The van der Waals surface area contributed by atoms with Crippen LogP contribution in [0, 0.1) is 34.6 Å². The third-order valence-electron chi connectivity index (χ3n) is 7.14. The van der Waals surface area contributed by atoms with Gasteiger partial charge in [0.1, 0.15) is 0 Å². The Hall–Kier alpha value is -3.69. The molecule has 7 nitrogen and oxygen atoms in total. The molecule has 2 aromatic heterocycles. The van der Waals surface area contributed by atoms with E-state index in [1.807, 2.05) is 37.3 Å². The van der Waals surface area contributed by atoms with Crippen molar-refractivity contribution in [1.29, 1.82) is 0 Å². The number of aryl methyl sites for hydroxylation is 4. The van der Waals surface area contributed by atoms with Gasteiger partial charge in [0.2, 0.25) is 10.0 Å². The number of anilines is 2. The molecule has 0 amide bonds. The van der Waals surface area contributed by atoms with Crippen LogP contribution in [-0.2, 0) is 10.0 Å². The van der Waals surface area contributed by atoms with Crippen LogP contribution in [0.2, 0.25) is 0 Å². The van der Waals surface area contributed by atoms with Gasteiger partial charge in [0.25, 0.3) is 0 Å². The second-order valence-electron chi connectivity index (χ2n) is 10.4. The molecule has 5 rings (SSSR count). The quantitative estimate of drug-likeness (QED) is 0.284. The van der Waals surface area contributed by atoms with Crippen molar-refractivity contribution in [2.45, 2.75) is 46.7 Å². The Bertz CT molecular complexity index is 1660. The molecule has 1 aliphatic rings. The van der Waals surface area contributed by atoms with Gasteiger partial charge in [-0.05, 0) is 118 Å². The summed E-state index contributed by atoms with van der Waals surface area (Å²) in [5, 5.41) is 4.12. The number of thiocarbonyl (C=S) groups is 1. The molecule has 1 fully saturated rings. The number of benzene rings is 2. The van der Waals surface area contributed by atoms with Crippen molar-refractivity contribution >= 4 is 38.7 Å². The number of pyridine rings is 1. The SMILES string of the molecule is Cc1cc(C)cc(-n2c(C)cc([C@@H]3[C@@H](c4ccccn4)NC(=S)N3c3ccc(NS(C)(=O)=O)c(C)c3)c2C)c1. The maximum atomic E-state index is 11.9. The van der Waals surface area contributed by atoms with Gasteiger partial charge in [-0.3, -0.25) is 9.71 Å². The van der Waals surface area contributed by atoms with Crippen LogP contribution in [0.25, 0.3) is 5.69 Å². The van der Waals surface area contributed by atoms with Crippen LogP contribution in [0.5, 0.6) is 0 Å². The topological polar surface area (TPSA) is 79.3 Å². The van der Waals surface area contributed by atoms with Gasteiger partial charge in [-0.1, -0.05) is 12.1 Å². The largest absolute Gasteiger partial charge is 0.351 e. The summed E-state index contributed by atoms with van der Waals surface area (Å²) in [7, 11) is -3.39. The summed E-state index contributed by atoms with van der Waals surface area (Å²) in [6.07, 6.45) is 2.95. The van der Waals surface area contributed by atoms with Crippen molar-refractivity contribution in [3.63, 3.8) is 0 Å². The van der Waals surface area contributed by atoms with Gasteiger partial charge < -0.3 is 14.8 Å². The van der Waals surface area contributed by atoms with E-state index in [4.69, 9.17) is 12.2 Å². The van der Waals surface area contributed by atoms with E-state index in [1.54, 1.807) is 12.3 Å². The lowest BCUT2D eigenvalue weighted by Gasteiger charge is -2.29. The fourth-order valence-corrected chi connectivity index (χ4v) is 6.60. The molecule has 0 saturated carbocycles. The summed E-state index contributed by atoms with van der Waals surface area (Å²) in [6.45, 7) is 10.4. The van der Waals surface area contributed by atoms with Gasteiger partial charge in [0.05, 0.1) is 29.7 Å². The van der Waals surface area contributed by atoms with E-state index in [9.17, 15) is 8.42 Å². The highest BCUT2D eigenvalue weighted by Gasteiger charge is 2.42. The van der Waals surface area contributed by atoms with E-state index in [1.165, 1.54) is 11.1 Å². The fourth-order valence-electron chi connectivity index (χ4n) is 5.63. The van der Waals surface area contributed by atoms with E-state index >= 15 is 0 Å². The molecular weight excluding hydrogens is 526 g/mol. The summed E-state index contributed by atoms with van der Waals surface area (Å²) >= 11 is 5.92. The Morgan fingerprint density at radius 1 is 0.923 bits per heavy atom. The Labute approximate surface area is 235 Å². The number of nitrogens with one attached hydrogen (secondary N) is 2. The average molecular weight is 560 g/mol. The molecule has 1 saturated heterocycles. The Morgan fingerprint density at radius 2 is 1.64 bits per heavy atom. The van der Waals surface area contributed by atoms with E-state index in [2.05, 4.69) is 76.5 Å². The molecule has 2 N–H and O–H groups in total. The summed E-state index contributed by atoms with van der Waals surface area (Å²) in [4.78, 5) is 6.80. The fraction of sp³-hybridized carbons (Fsp3) is 0.267. The van der Waals surface area contributed by atoms with Gasteiger partial charge in [-0.2, -0.15) is 0 Å². The maximum Gasteiger partial charge on any atom is 0.229 e. The first-order valence-electron chi connectivity index (χ1n) is 12.8. The lowest BCUT2D eigenvalue weighted by molar-refractivity contribution is 0.565. The van der Waals surface area contributed by atoms with Crippen LogP contribution in [0.4, 0.5) is 11.4 Å². The molecule has 39 heavy (non-hydrogen) atoms. The number of sulfonamides is 1. The Morgan fingerprint density at radius 3 is 2.26 bits per heavy atom. The van der Waals surface area contributed by atoms with Crippen molar-refractivity contribution in [3.8, 4) is 5.69 Å². The number of rotatable bonds is 6. The Kier molecular flexibility index (Phi) is 6.99. The van der Waals surface area contributed by atoms with Crippen molar-refractivity contribution in [2.24, 2.45) is 0 Å². The molecule has 2 aromatic carbocycles. The monoisotopic (exact) mass is 559 g/mol. The van der Waals surface area contributed by atoms with Gasteiger partial charge >= 0.3 is 0 Å². The zero-order valence-electron chi connectivity index (χ0n) is 23.0. The predicted molar refractivity (Wildman–Crippen MR) is 162 cm³/mol. The van der Waals surface area contributed by atoms with Crippen molar-refractivity contribution in [3.05, 3.63) is 106 Å². The first kappa shape index (κ1) is 26.9. The second kappa shape index (κ2) is 10.1. The molecule has 0 spiro atoms. The summed E-state index contributed by atoms with van der Waals surface area (Å²) < 4.78 is 28.6. The highest BCUT2D eigenvalue weighted by atomic mass is 32.2. The minimum Gasteiger partial charge on any atom is -0.351 e. The van der Waals surface area contributed by atoms with Crippen LogP contribution >= 0.6 is 12.2 Å². The normalized spacial score (nSPS) is 17.4. The lowest BCUT2D eigenvalue weighted by Crippen LogP contribution is -2.29. The van der Waals surface area contributed by atoms with Gasteiger partial charge in [-0.25, -0.2) is 8.42 Å². The molecule has 1 aliphatic heterocycles. The Balaban J connectivity index is 1.66. The van der Waals surface area contributed by atoms with Crippen LogP contribution in [0.15, 0.2) is 66.9 Å². The zero-order chi connectivity index (χ0) is 28.1. The third-order valence-corrected chi connectivity index (χ3v) is 8.04. The van der Waals surface area contributed by atoms with E-state index in [-0.39, 0.29) is 12.1 Å². The predicted octanol–water partition coefficient (Wildman–Crippen LogP) is 5.96. The molecule has 0 bridgehead atoms. The molecule has 9 heteroatoms. The van der Waals surface area contributed by atoms with Crippen molar-refractivity contribution in [2.75, 3.05) is 15.9 Å². The first-order valence-corrected chi connectivity index (χ1v) is 15.1. The van der Waals surface area contributed by atoms with Crippen molar-refractivity contribution in [1.82, 2.24) is 14.9 Å². The van der Waals surface area contributed by atoms with Gasteiger partial charge in [-0.15, -0.1) is 0 Å². The van der Waals surface area contributed by atoms with Gasteiger partial charge in [0, 0.05) is 29.0 Å². The maximum absolute atomic E-state index is 11.9. The number of nitrogens with zero attached hydrogens (tertiary/aromatic N) is 3. The molecule has 0 unspecified atom stereocenters. The van der Waals surface area contributed by atoms with Crippen LogP contribution in [0.1, 0.15) is 51.4 Å². The smallest absolute Gasteiger partial charge is 0.229 e. The van der Waals surface area contributed by atoms with Gasteiger partial charge in [0.15, 0.2) is 5.11 Å². The molecule has 2 atom stereocenters. The van der Waals surface area contributed by atoms with E-state index < -0.39 is 10.0 Å². The standard InChI is InChI=1S/C30H33N5O2S2/c1-18-13-19(2)15-24(14-18)34-21(4)17-25(22(34)5)29-28(27-9-7-8-12-31-27)32-30(38)35(29)23-10-11-26(20(3)16-23)33-39(6,36)37/h7-17,28-29,33H,1-6H3,(H,32,38)/t28-,29-/m1/s1. The molecule has 202 valence electrons. The molecule has 0 radical (unpaired) electrons. The van der Waals surface area contributed by atoms with Crippen LogP contribution in [0.3, 0.4) is 0 Å². The van der Waals surface area contributed by atoms with Crippen LogP contribution in [-0.4, -0.2) is 29.3 Å².